The first-order valence-electron chi connectivity index (χ1n) is 5.30. The van der Waals surface area contributed by atoms with Crippen LogP contribution in [0, 0.1) is 11.3 Å². The maximum absolute atomic E-state index is 2.31. The van der Waals surface area contributed by atoms with Crippen molar-refractivity contribution in [2.45, 2.75) is 27.2 Å². The number of fused-ring (bicyclic) bond motifs is 1. The van der Waals surface area contributed by atoms with Crippen molar-refractivity contribution < 1.29 is 0 Å². The van der Waals surface area contributed by atoms with Crippen molar-refractivity contribution in [3.63, 3.8) is 0 Å². The van der Waals surface area contributed by atoms with Gasteiger partial charge in [0.1, 0.15) is 0 Å². The zero-order valence-electron chi connectivity index (χ0n) is 9.17. The predicted molar refractivity (Wildman–Crippen MR) is 61.9 cm³/mol. The number of rotatable bonds is 2. The van der Waals surface area contributed by atoms with E-state index in [9.17, 15) is 0 Å². The molecule has 0 aliphatic heterocycles. The third kappa shape index (κ3) is 1.39. The molecule has 0 unspecified atom stereocenters. The van der Waals surface area contributed by atoms with Gasteiger partial charge in [-0.15, -0.1) is 0 Å². The van der Waals surface area contributed by atoms with Crippen molar-refractivity contribution >= 4 is 6.08 Å². The average Bonchev–Trinajstić information content (AvgIpc) is 2.61. The topological polar surface area (TPSA) is 0 Å². The van der Waals surface area contributed by atoms with E-state index in [1.807, 2.05) is 0 Å². The molecule has 0 nitrogen and oxygen atoms in total. The Morgan fingerprint density at radius 3 is 2.50 bits per heavy atom. The van der Waals surface area contributed by atoms with Gasteiger partial charge < -0.3 is 0 Å². The molecule has 0 saturated carbocycles. The van der Waals surface area contributed by atoms with Crippen LogP contribution < -0.4 is 0 Å². The smallest absolute Gasteiger partial charge is 0.0329 e. The molecule has 0 amide bonds. The summed E-state index contributed by atoms with van der Waals surface area (Å²) in [5.74, 6) is 1.48. The van der Waals surface area contributed by atoms with Crippen LogP contribution in [0.1, 0.15) is 38.3 Å². The fourth-order valence-corrected chi connectivity index (χ4v) is 1.93. The van der Waals surface area contributed by atoms with Gasteiger partial charge in [0.05, 0.1) is 0 Å². The summed E-state index contributed by atoms with van der Waals surface area (Å²) in [6, 6.07) is 8.63. The molecule has 0 heteroatoms. The van der Waals surface area contributed by atoms with E-state index >= 15 is 0 Å². The normalized spacial score (nSPS) is 15.9. The highest BCUT2D eigenvalue weighted by molar-refractivity contribution is 5.69. The van der Waals surface area contributed by atoms with Gasteiger partial charge in [0.25, 0.3) is 0 Å². The number of benzene rings is 1. The summed E-state index contributed by atoms with van der Waals surface area (Å²) in [5, 5.41) is 0. The summed E-state index contributed by atoms with van der Waals surface area (Å²) in [7, 11) is 0. The van der Waals surface area contributed by atoms with Crippen molar-refractivity contribution in [3.05, 3.63) is 47.4 Å². The molecule has 0 saturated heterocycles. The summed E-state index contributed by atoms with van der Waals surface area (Å²) >= 11 is 0. The lowest BCUT2D eigenvalue weighted by atomic mass is 9.74. The number of hydrogen-bond acceptors (Lipinski definition) is 0. The van der Waals surface area contributed by atoms with Crippen molar-refractivity contribution in [3.8, 4) is 0 Å². The molecule has 1 aliphatic rings. The van der Waals surface area contributed by atoms with Gasteiger partial charge in [0.15, 0.2) is 0 Å². The van der Waals surface area contributed by atoms with Gasteiger partial charge in [0.2, 0.25) is 0 Å². The van der Waals surface area contributed by atoms with Crippen LogP contribution in [-0.4, -0.2) is 0 Å². The number of hydrogen-bond donors (Lipinski definition) is 0. The zero-order chi connectivity index (χ0) is 10.2. The Balaban J connectivity index is 2.40. The van der Waals surface area contributed by atoms with Gasteiger partial charge in [-0.2, -0.15) is 0 Å². The standard InChI is InChI=1S/C14H17/c1-4-14(2,3)13-10-9-11-7-5-6-8-12(11)13/h5-10H,4H2,1-3H3. The van der Waals surface area contributed by atoms with Crippen LogP contribution in [0.15, 0.2) is 30.3 Å². The largest absolute Gasteiger partial charge is 0.0716 e. The van der Waals surface area contributed by atoms with E-state index in [-0.39, 0.29) is 0 Å². The molecular formula is C14H17. The van der Waals surface area contributed by atoms with E-state index in [0.29, 0.717) is 5.41 Å². The van der Waals surface area contributed by atoms with E-state index in [2.05, 4.69) is 57.2 Å². The predicted octanol–water partition coefficient (Wildman–Crippen LogP) is 4.07. The molecule has 1 aromatic rings. The van der Waals surface area contributed by atoms with Crippen LogP contribution in [-0.2, 0) is 0 Å². The summed E-state index contributed by atoms with van der Waals surface area (Å²) in [6.07, 6.45) is 5.68. The average molecular weight is 185 g/mol. The van der Waals surface area contributed by atoms with Crippen molar-refractivity contribution in [1.29, 1.82) is 0 Å². The Labute approximate surface area is 86.7 Å². The van der Waals surface area contributed by atoms with Gasteiger partial charge in [-0.3, -0.25) is 0 Å². The zero-order valence-corrected chi connectivity index (χ0v) is 9.17. The highest BCUT2D eigenvalue weighted by atomic mass is 14.3. The van der Waals surface area contributed by atoms with Crippen LogP contribution in [0.3, 0.4) is 0 Å². The van der Waals surface area contributed by atoms with E-state index in [1.54, 1.807) is 0 Å². The molecule has 0 fully saturated rings. The van der Waals surface area contributed by atoms with Gasteiger partial charge in [-0.05, 0) is 23.0 Å². The molecule has 0 N–H and O–H groups in total. The van der Waals surface area contributed by atoms with Crippen molar-refractivity contribution in [2.75, 3.05) is 0 Å². The fourth-order valence-electron chi connectivity index (χ4n) is 1.93. The Bertz CT molecular complexity index is 358. The maximum atomic E-state index is 2.31. The SMILES string of the molecule is CCC(C)(C)[C]1C=Cc2ccccc21. The Hall–Kier alpha value is -1.04. The van der Waals surface area contributed by atoms with E-state index < -0.39 is 0 Å². The second kappa shape index (κ2) is 3.27. The lowest BCUT2D eigenvalue weighted by Gasteiger charge is -2.29. The van der Waals surface area contributed by atoms with Gasteiger partial charge in [-0.1, -0.05) is 57.2 Å². The van der Waals surface area contributed by atoms with Crippen molar-refractivity contribution in [1.82, 2.24) is 0 Å². The summed E-state index contributed by atoms with van der Waals surface area (Å²) in [5.41, 5.74) is 3.08. The molecule has 0 atom stereocenters. The molecule has 73 valence electrons. The van der Waals surface area contributed by atoms with Crippen LogP contribution in [0.25, 0.3) is 6.08 Å². The Kier molecular flexibility index (Phi) is 2.22. The molecular weight excluding hydrogens is 168 g/mol. The Morgan fingerprint density at radius 2 is 1.79 bits per heavy atom. The van der Waals surface area contributed by atoms with Gasteiger partial charge in [-0.25, -0.2) is 0 Å². The molecule has 0 heterocycles. The Morgan fingerprint density at radius 1 is 1.07 bits per heavy atom. The van der Waals surface area contributed by atoms with Gasteiger partial charge in [0, 0.05) is 5.92 Å². The fraction of sp³-hybridized carbons (Fsp3) is 0.357. The second-order valence-electron chi connectivity index (χ2n) is 4.57. The molecule has 1 aromatic carbocycles. The highest BCUT2D eigenvalue weighted by Gasteiger charge is 2.31. The lowest BCUT2D eigenvalue weighted by Crippen LogP contribution is -2.19. The third-order valence-electron chi connectivity index (χ3n) is 3.29. The molecule has 2 rings (SSSR count). The van der Waals surface area contributed by atoms with Crippen LogP contribution in [0.2, 0.25) is 0 Å². The van der Waals surface area contributed by atoms with Crippen molar-refractivity contribution in [2.24, 2.45) is 5.41 Å². The van der Waals surface area contributed by atoms with E-state index in [0.717, 1.165) is 0 Å². The first-order valence-corrected chi connectivity index (χ1v) is 5.30. The lowest BCUT2D eigenvalue weighted by molar-refractivity contribution is 0.401. The molecule has 0 bridgehead atoms. The summed E-state index contributed by atoms with van der Waals surface area (Å²) in [4.78, 5) is 0. The second-order valence-corrected chi connectivity index (χ2v) is 4.57. The molecule has 0 spiro atoms. The summed E-state index contributed by atoms with van der Waals surface area (Å²) < 4.78 is 0. The van der Waals surface area contributed by atoms with E-state index in [4.69, 9.17) is 0 Å². The minimum atomic E-state index is 0.295. The number of allylic oxidation sites excluding steroid dienone is 1. The minimum Gasteiger partial charge on any atom is -0.0716 e. The first-order chi connectivity index (χ1) is 6.65. The highest BCUT2D eigenvalue weighted by Crippen LogP contribution is 2.43. The third-order valence-corrected chi connectivity index (χ3v) is 3.29. The van der Waals surface area contributed by atoms with Crippen LogP contribution >= 0.6 is 0 Å². The maximum Gasteiger partial charge on any atom is 0.0329 e. The molecule has 14 heavy (non-hydrogen) atoms. The monoisotopic (exact) mass is 185 g/mol. The van der Waals surface area contributed by atoms with Crippen LogP contribution in [0.4, 0.5) is 0 Å². The molecule has 0 aromatic heterocycles. The molecule has 1 aliphatic carbocycles. The van der Waals surface area contributed by atoms with E-state index in [1.165, 1.54) is 23.5 Å². The van der Waals surface area contributed by atoms with Crippen LogP contribution in [0.5, 0.6) is 0 Å². The minimum absolute atomic E-state index is 0.295. The quantitative estimate of drug-likeness (QED) is 0.651. The summed E-state index contributed by atoms with van der Waals surface area (Å²) in [6.45, 7) is 6.88. The van der Waals surface area contributed by atoms with Gasteiger partial charge >= 0.3 is 0 Å². The molecule has 1 radical (unpaired) electrons. The first kappa shape index (κ1) is 9.51.